The Hall–Kier alpha value is -2.66. The molecule has 134 valence electrons. The number of nitrogens with one attached hydrogen (secondary N) is 1. The molecule has 26 heavy (non-hydrogen) atoms. The predicted molar refractivity (Wildman–Crippen MR) is 104 cm³/mol. The van der Waals surface area contributed by atoms with Gasteiger partial charge in [-0.2, -0.15) is 0 Å². The number of aryl methyl sites for hydroxylation is 3. The molecule has 0 unspecified atom stereocenters. The molecule has 0 atom stereocenters. The third kappa shape index (κ3) is 4.29. The van der Waals surface area contributed by atoms with Gasteiger partial charge in [-0.1, -0.05) is 12.1 Å². The number of hydrogen-bond donors (Lipinski definition) is 1. The number of carbonyl (C=O) groups excluding carboxylic acids is 1. The van der Waals surface area contributed by atoms with Gasteiger partial charge in [0.05, 0.1) is 10.6 Å². The van der Waals surface area contributed by atoms with Gasteiger partial charge in [-0.25, -0.2) is 4.39 Å². The Balaban J connectivity index is 1.64. The summed E-state index contributed by atoms with van der Waals surface area (Å²) in [5, 5.41) is 4.50. The number of carbonyl (C=O) groups is 1. The summed E-state index contributed by atoms with van der Waals surface area (Å²) >= 11 is 1.31. The fourth-order valence-electron chi connectivity index (χ4n) is 2.46. The Morgan fingerprint density at radius 1 is 1.08 bits per heavy atom. The van der Waals surface area contributed by atoms with Crippen LogP contribution in [0.3, 0.4) is 0 Å². The lowest BCUT2D eigenvalue weighted by molar-refractivity contribution is 0.103. The molecule has 0 aliphatic heterocycles. The molecule has 1 N–H and O–H groups in total. The zero-order valence-corrected chi connectivity index (χ0v) is 15.7. The van der Waals surface area contributed by atoms with Crippen LogP contribution in [0, 0.1) is 26.6 Å². The lowest BCUT2D eigenvalue weighted by Gasteiger charge is -2.07. The highest BCUT2D eigenvalue weighted by molar-refractivity contribution is 7.12. The molecular formula is C21H20FNO2S. The summed E-state index contributed by atoms with van der Waals surface area (Å²) in [6.07, 6.45) is 0. The van der Waals surface area contributed by atoms with Gasteiger partial charge in [0.25, 0.3) is 5.91 Å². The Kier molecular flexibility index (Phi) is 5.38. The summed E-state index contributed by atoms with van der Waals surface area (Å²) in [6, 6.07) is 12.4. The average molecular weight is 369 g/mol. The zero-order valence-electron chi connectivity index (χ0n) is 14.9. The third-order valence-electron chi connectivity index (χ3n) is 4.13. The molecule has 3 aromatic rings. The van der Waals surface area contributed by atoms with Crippen LogP contribution >= 0.6 is 11.3 Å². The van der Waals surface area contributed by atoms with Crippen LogP contribution < -0.4 is 10.1 Å². The minimum Gasteiger partial charge on any atom is -0.489 e. The van der Waals surface area contributed by atoms with E-state index in [-0.39, 0.29) is 11.6 Å². The van der Waals surface area contributed by atoms with Crippen LogP contribution in [0.25, 0.3) is 0 Å². The third-order valence-corrected chi connectivity index (χ3v) is 5.11. The zero-order chi connectivity index (χ0) is 18.7. The first-order chi connectivity index (χ1) is 12.4. The van der Waals surface area contributed by atoms with E-state index in [1.165, 1.54) is 28.5 Å². The highest BCUT2D eigenvalue weighted by Crippen LogP contribution is 2.22. The minimum atomic E-state index is -0.446. The SMILES string of the molecule is Cc1ccc(F)c(NC(=O)c2cc(COc3ccc(C)c(C)c3)cs2)c1. The summed E-state index contributed by atoms with van der Waals surface area (Å²) < 4.78 is 19.6. The van der Waals surface area contributed by atoms with Crippen molar-refractivity contribution in [1.29, 1.82) is 0 Å². The first-order valence-electron chi connectivity index (χ1n) is 8.27. The number of thiophene rings is 1. The Labute approximate surface area is 156 Å². The number of hydrogen-bond acceptors (Lipinski definition) is 3. The van der Waals surface area contributed by atoms with Crippen molar-refractivity contribution in [2.24, 2.45) is 0 Å². The van der Waals surface area contributed by atoms with E-state index in [9.17, 15) is 9.18 Å². The lowest BCUT2D eigenvalue weighted by atomic mass is 10.1. The van der Waals surface area contributed by atoms with E-state index in [2.05, 4.69) is 12.2 Å². The number of ether oxygens (including phenoxy) is 1. The summed E-state index contributed by atoms with van der Waals surface area (Å²) in [5.74, 6) is 0.0304. The van der Waals surface area contributed by atoms with E-state index < -0.39 is 5.82 Å². The average Bonchev–Trinajstić information content (AvgIpc) is 3.08. The topological polar surface area (TPSA) is 38.3 Å². The van der Waals surface area contributed by atoms with Gasteiger partial charge in [0.1, 0.15) is 18.2 Å². The van der Waals surface area contributed by atoms with Gasteiger partial charge in [-0.15, -0.1) is 11.3 Å². The summed E-state index contributed by atoms with van der Waals surface area (Å²) in [7, 11) is 0. The molecule has 5 heteroatoms. The molecule has 3 rings (SSSR count). The fraction of sp³-hybridized carbons (Fsp3) is 0.190. The predicted octanol–water partition coefficient (Wildman–Crippen LogP) is 5.64. The minimum absolute atomic E-state index is 0.191. The van der Waals surface area contributed by atoms with Crippen molar-refractivity contribution < 1.29 is 13.9 Å². The van der Waals surface area contributed by atoms with Gasteiger partial charge in [-0.3, -0.25) is 4.79 Å². The highest BCUT2D eigenvalue weighted by Gasteiger charge is 2.12. The van der Waals surface area contributed by atoms with E-state index in [1.54, 1.807) is 18.2 Å². The van der Waals surface area contributed by atoms with Crippen molar-refractivity contribution in [3.63, 3.8) is 0 Å². The van der Waals surface area contributed by atoms with Crippen LogP contribution in [0.4, 0.5) is 10.1 Å². The van der Waals surface area contributed by atoms with Crippen LogP contribution in [0.15, 0.2) is 47.8 Å². The largest absolute Gasteiger partial charge is 0.489 e. The van der Waals surface area contributed by atoms with Crippen LogP contribution in [0.2, 0.25) is 0 Å². The number of amides is 1. The maximum Gasteiger partial charge on any atom is 0.265 e. The van der Waals surface area contributed by atoms with Gasteiger partial charge in [0.15, 0.2) is 0 Å². The smallest absolute Gasteiger partial charge is 0.265 e. The number of benzene rings is 2. The molecule has 0 aliphatic rings. The van der Waals surface area contributed by atoms with Crippen molar-refractivity contribution in [3.8, 4) is 5.75 Å². The molecule has 0 spiro atoms. The molecule has 0 saturated carbocycles. The molecule has 1 aromatic heterocycles. The monoisotopic (exact) mass is 369 g/mol. The summed E-state index contributed by atoms with van der Waals surface area (Å²) in [4.78, 5) is 12.9. The number of anilines is 1. The van der Waals surface area contributed by atoms with E-state index in [0.29, 0.717) is 11.5 Å². The normalized spacial score (nSPS) is 10.6. The first-order valence-corrected chi connectivity index (χ1v) is 9.15. The molecule has 0 radical (unpaired) electrons. The van der Waals surface area contributed by atoms with Crippen molar-refractivity contribution in [3.05, 3.63) is 80.8 Å². The first kappa shape index (κ1) is 18.1. The Morgan fingerprint density at radius 2 is 1.88 bits per heavy atom. The molecule has 0 fully saturated rings. The quantitative estimate of drug-likeness (QED) is 0.632. The van der Waals surface area contributed by atoms with Crippen molar-refractivity contribution in [1.82, 2.24) is 0 Å². The second-order valence-electron chi connectivity index (χ2n) is 6.29. The maximum absolute atomic E-state index is 13.8. The molecule has 0 bridgehead atoms. The van der Waals surface area contributed by atoms with Gasteiger partial charge >= 0.3 is 0 Å². The van der Waals surface area contributed by atoms with Gasteiger partial charge in [-0.05, 0) is 73.2 Å². The molecule has 0 saturated heterocycles. The lowest BCUT2D eigenvalue weighted by Crippen LogP contribution is -2.11. The molecule has 1 amide bonds. The number of halogens is 1. The number of rotatable bonds is 5. The second-order valence-corrected chi connectivity index (χ2v) is 7.20. The standard InChI is InChI=1S/C21H20FNO2S/c1-13-4-7-18(22)19(8-13)23-21(24)20-10-16(12-26-20)11-25-17-6-5-14(2)15(3)9-17/h4-10,12H,11H2,1-3H3,(H,23,24). The molecule has 2 aromatic carbocycles. The second kappa shape index (κ2) is 7.70. The Morgan fingerprint density at radius 3 is 2.65 bits per heavy atom. The van der Waals surface area contributed by atoms with Gasteiger partial charge in [0, 0.05) is 5.56 Å². The summed E-state index contributed by atoms with van der Waals surface area (Å²) in [6.45, 7) is 6.33. The fourth-order valence-corrected chi connectivity index (χ4v) is 3.25. The van der Waals surface area contributed by atoms with E-state index >= 15 is 0 Å². The molecular weight excluding hydrogens is 349 g/mol. The summed E-state index contributed by atoms with van der Waals surface area (Å²) in [5.41, 5.74) is 4.37. The molecule has 1 heterocycles. The molecule has 0 aliphatic carbocycles. The van der Waals surface area contributed by atoms with Crippen molar-refractivity contribution >= 4 is 22.9 Å². The van der Waals surface area contributed by atoms with Gasteiger partial charge in [0.2, 0.25) is 0 Å². The van der Waals surface area contributed by atoms with Crippen LogP contribution in [0.1, 0.15) is 31.9 Å². The molecule has 3 nitrogen and oxygen atoms in total. The van der Waals surface area contributed by atoms with E-state index in [4.69, 9.17) is 4.74 Å². The van der Waals surface area contributed by atoms with Gasteiger partial charge < -0.3 is 10.1 Å². The van der Waals surface area contributed by atoms with Crippen LogP contribution in [-0.4, -0.2) is 5.91 Å². The van der Waals surface area contributed by atoms with Crippen LogP contribution in [-0.2, 0) is 6.61 Å². The Bertz CT molecular complexity index is 949. The van der Waals surface area contributed by atoms with Crippen LogP contribution in [0.5, 0.6) is 5.75 Å². The van der Waals surface area contributed by atoms with E-state index in [0.717, 1.165) is 16.9 Å². The van der Waals surface area contributed by atoms with E-state index in [1.807, 2.05) is 37.4 Å². The maximum atomic E-state index is 13.8. The highest BCUT2D eigenvalue weighted by atomic mass is 32.1. The van der Waals surface area contributed by atoms with Crippen molar-refractivity contribution in [2.75, 3.05) is 5.32 Å². The van der Waals surface area contributed by atoms with Crippen molar-refractivity contribution in [2.45, 2.75) is 27.4 Å².